The number of rotatable bonds is 9. The van der Waals surface area contributed by atoms with Crippen molar-refractivity contribution in [1.82, 2.24) is 9.55 Å². The number of terminal acetylenes is 1. The first-order chi connectivity index (χ1) is 18.8. The molecule has 0 spiro atoms. The lowest BCUT2D eigenvalue weighted by molar-refractivity contribution is 0.311. The van der Waals surface area contributed by atoms with Crippen LogP contribution in [0.3, 0.4) is 0 Å². The molecule has 0 saturated carbocycles. The maximum absolute atomic E-state index is 14.0. The lowest BCUT2D eigenvalue weighted by atomic mass is 10.0. The molecule has 0 radical (unpaired) electrons. The summed E-state index contributed by atoms with van der Waals surface area (Å²) >= 11 is 0. The third kappa shape index (κ3) is 4.90. The fraction of sp³-hybridized carbons (Fsp3) is 0.258. The zero-order valence-electron chi connectivity index (χ0n) is 21.9. The molecule has 2 heterocycles. The highest BCUT2D eigenvalue weighted by atomic mass is 32.3. The Hall–Kier alpha value is -4.09. The van der Waals surface area contributed by atoms with E-state index in [-0.39, 0.29) is 5.43 Å². The van der Waals surface area contributed by atoms with E-state index in [0.29, 0.717) is 57.5 Å². The topological polar surface area (TPSA) is 81.2 Å². The molecule has 3 aromatic carbocycles. The predicted octanol–water partition coefficient (Wildman–Crippen LogP) is 6.92. The summed E-state index contributed by atoms with van der Waals surface area (Å²) in [6.45, 7) is 5.21. The molecule has 5 aromatic rings. The minimum absolute atomic E-state index is 0.139. The van der Waals surface area contributed by atoms with Gasteiger partial charge in [0.25, 0.3) is 0 Å². The molecule has 200 valence electrons. The van der Waals surface area contributed by atoms with E-state index in [0.717, 1.165) is 36.6 Å². The van der Waals surface area contributed by atoms with Crippen molar-refractivity contribution in [1.29, 1.82) is 0 Å². The van der Waals surface area contributed by atoms with Gasteiger partial charge in [0.05, 0.1) is 27.8 Å². The van der Waals surface area contributed by atoms with E-state index in [1.165, 1.54) is 18.2 Å². The second-order valence-corrected chi connectivity index (χ2v) is 11.0. The average molecular weight is 545 g/mol. The number of hydrogen-bond donors (Lipinski definition) is 1. The zero-order chi connectivity index (χ0) is 27.7. The summed E-state index contributed by atoms with van der Waals surface area (Å²) in [5, 5.41) is 1.86. The zero-order valence-corrected chi connectivity index (χ0v) is 22.7. The monoisotopic (exact) mass is 544 g/mol. The molecule has 0 amide bonds. The van der Waals surface area contributed by atoms with Gasteiger partial charge in [-0.25, -0.2) is 0 Å². The minimum atomic E-state index is -4.90. The van der Waals surface area contributed by atoms with Gasteiger partial charge in [0.1, 0.15) is 11.4 Å². The Morgan fingerprint density at radius 2 is 1.82 bits per heavy atom. The Morgan fingerprint density at radius 3 is 2.54 bits per heavy atom. The fourth-order valence-corrected chi connectivity index (χ4v) is 5.48. The Kier molecular flexibility index (Phi) is 7.19. The standard InChI is InChI=1S/C31H29FN2O4S/c1-4-7-14-34-27-18-24(21-10-9-11-22(17-21)39(32,36)37)28(38-15-8-5-2)19-25(27)30(35)29-23-13-12-20(6-3)16-26(23)33-31(29)34/h3,9-13,16-19,33H,4-5,7-8,14-15H2,1-2H3. The van der Waals surface area contributed by atoms with Gasteiger partial charge in [0.15, 0.2) is 5.43 Å². The number of pyridine rings is 1. The van der Waals surface area contributed by atoms with E-state index in [9.17, 15) is 17.1 Å². The Bertz CT molecular complexity index is 1930. The number of nitrogens with zero attached hydrogens (tertiary/aromatic N) is 1. The first kappa shape index (κ1) is 26.5. The van der Waals surface area contributed by atoms with Gasteiger partial charge in [0, 0.05) is 28.6 Å². The van der Waals surface area contributed by atoms with Crippen LogP contribution in [-0.4, -0.2) is 24.6 Å². The lowest BCUT2D eigenvalue weighted by Gasteiger charge is -2.17. The number of nitrogens with one attached hydrogen (secondary N) is 1. The molecule has 39 heavy (non-hydrogen) atoms. The second kappa shape index (κ2) is 10.6. The van der Waals surface area contributed by atoms with Gasteiger partial charge in [-0.15, -0.1) is 10.3 Å². The molecule has 2 aromatic heterocycles. The van der Waals surface area contributed by atoms with Crippen LogP contribution in [-0.2, 0) is 16.8 Å². The molecule has 6 nitrogen and oxygen atoms in total. The maximum atomic E-state index is 14.0. The van der Waals surface area contributed by atoms with Crippen LogP contribution >= 0.6 is 0 Å². The van der Waals surface area contributed by atoms with Crippen molar-refractivity contribution in [2.75, 3.05) is 6.61 Å². The summed E-state index contributed by atoms with van der Waals surface area (Å²) in [6, 6.07) is 14.8. The van der Waals surface area contributed by atoms with Crippen molar-refractivity contribution < 1.29 is 17.0 Å². The highest BCUT2D eigenvalue weighted by Gasteiger charge is 2.20. The maximum Gasteiger partial charge on any atom is 0.332 e. The fourth-order valence-electron chi connectivity index (χ4n) is 4.97. The molecule has 0 aliphatic heterocycles. The van der Waals surface area contributed by atoms with Gasteiger partial charge >= 0.3 is 10.2 Å². The van der Waals surface area contributed by atoms with Gasteiger partial charge in [-0.05, 0) is 54.8 Å². The quantitative estimate of drug-likeness (QED) is 0.124. The molecule has 8 heteroatoms. The highest BCUT2D eigenvalue weighted by molar-refractivity contribution is 7.86. The summed E-state index contributed by atoms with van der Waals surface area (Å²) < 4.78 is 45.4. The number of ether oxygens (including phenoxy) is 1. The van der Waals surface area contributed by atoms with Crippen LogP contribution in [0.5, 0.6) is 5.75 Å². The van der Waals surface area contributed by atoms with Crippen molar-refractivity contribution in [3.05, 3.63) is 70.4 Å². The van der Waals surface area contributed by atoms with Crippen LogP contribution < -0.4 is 10.2 Å². The van der Waals surface area contributed by atoms with Crippen LogP contribution in [0.25, 0.3) is 44.0 Å². The van der Waals surface area contributed by atoms with E-state index in [1.54, 1.807) is 12.1 Å². The van der Waals surface area contributed by atoms with Crippen LogP contribution in [0.4, 0.5) is 3.89 Å². The normalized spacial score (nSPS) is 11.8. The predicted molar refractivity (Wildman–Crippen MR) is 155 cm³/mol. The minimum Gasteiger partial charge on any atom is -0.493 e. The second-order valence-electron chi connectivity index (χ2n) is 9.62. The third-order valence-electron chi connectivity index (χ3n) is 6.99. The van der Waals surface area contributed by atoms with Crippen molar-refractivity contribution >= 4 is 43.1 Å². The summed E-state index contributed by atoms with van der Waals surface area (Å²) in [6.07, 6.45) is 9.14. The van der Waals surface area contributed by atoms with Gasteiger partial charge < -0.3 is 14.3 Å². The van der Waals surface area contributed by atoms with Crippen LogP contribution in [0.15, 0.2) is 64.3 Å². The van der Waals surface area contributed by atoms with E-state index in [2.05, 4.69) is 22.4 Å². The Labute approximate surface area is 226 Å². The number of fused-ring (bicyclic) bond motifs is 4. The molecular formula is C31H29FN2O4S. The van der Waals surface area contributed by atoms with E-state index in [4.69, 9.17) is 11.2 Å². The molecule has 0 aliphatic carbocycles. The number of halogens is 1. The van der Waals surface area contributed by atoms with Crippen molar-refractivity contribution in [2.45, 2.75) is 51.0 Å². The number of H-pyrrole nitrogens is 1. The third-order valence-corrected chi connectivity index (χ3v) is 7.81. The number of unbranched alkanes of at least 4 members (excludes halogenated alkanes) is 2. The molecule has 0 unspecified atom stereocenters. The molecule has 0 atom stereocenters. The van der Waals surface area contributed by atoms with E-state index >= 15 is 0 Å². The number of hydrogen-bond acceptors (Lipinski definition) is 4. The number of aryl methyl sites for hydroxylation is 1. The summed E-state index contributed by atoms with van der Waals surface area (Å²) in [4.78, 5) is 17.0. The number of aromatic amines is 1. The van der Waals surface area contributed by atoms with Crippen LogP contribution in [0, 0.1) is 12.3 Å². The molecular weight excluding hydrogens is 515 g/mol. The Balaban J connectivity index is 1.87. The molecule has 0 bridgehead atoms. The molecule has 0 fully saturated rings. The summed E-state index contributed by atoms with van der Waals surface area (Å²) in [7, 11) is -4.90. The van der Waals surface area contributed by atoms with E-state index < -0.39 is 15.1 Å². The molecule has 0 aliphatic rings. The van der Waals surface area contributed by atoms with Gasteiger partial charge in [-0.3, -0.25) is 4.79 Å². The lowest BCUT2D eigenvalue weighted by Crippen LogP contribution is -2.12. The smallest absolute Gasteiger partial charge is 0.332 e. The SMILES string of the molecule is C#Cc1ccc2c(c1)[nH]c1c2c(=O)c2cc(OCCCC)c(-c3cccc(S(=O)(=O)F)c3)cc2n1CCCC. The van der Waals surface area contributed by atoms with Crippen molar-refractivity contribution in [2.24, 2.45) is 0 Å². The number of aromatic nitrogens is 2. The number of benzene rings is 3. The van der Waals surface area contributed by atoms with Gasteiger partial charge in [-0.1, -0.05) is 50.8 Å². The Morgan fingerprint density at radius 1 is 1.03 bits per heavy atom. The van der Waals surface area contributed by atoms with Crippen molar-refractivity contribution in [3.63, 3.8) is 0 Å². The van der Waals surface area contributed by atoms with Crippen molar-refractivity contribution in [3.8, 4) is 29.2 Å². The molecule has 5 rings (SSSR count). The summed E-state index contributed by atoms with van der Waals surface area (Å²) in [5.41, 5.74) is 3.78. The first-order valence-corrected chi connectivity index (χ1v) is 14.5. The average Bonchev–Trinajstić information content (AvgIpc) is 3.31. The molecule has 1 N–H and O–H groups in total. The van der Waals surface area contributed by atoms with Gasteiger partial charge in [-0.2, -0.15) is 8.42 Å². The molecule has 0 saturated heterocycles. The van der Waals surface area contributed by atoms with E-state index in [1.807, 2.05) is 31.2 Å². The van der Waals surface area contributed by atoms with Crippen LogP contribution in [0.2, 0.25) is 0 Å². The van der Waals surface area contributed by atoms with Crippen LogP contribution in [0.1, 0.15) is 45.1 Å². The van der Waals surface area contributed by atoms with Gasteiger partial charge in [0.2, 0.25) is 0 Å². The summed E-state index contributed by atoms with van der Waals surface area (Å²) in [5.74, 6) is 3.08. The first-order valence-electron chi connectivity index (χ1n) is 13.1. The highest BCUT2D eigenvalue weighted by Crippen LogP contribution is 2.37. The largest absolute Gasteiger partial charge is 0.493 e.